The van der Waals surface area contributed by atoms with Crippen LogP contribution in [0, 0.1) is 0 Å². The number of aromatic nitrogens is 3. The Morgan fingerprint density at radius 3 is 2.59 bits per heavy atom. The molecule has 1 saturated heterocycles. The highest BCUT2D eigenvalue weighted by molar-refractivity contribution is 7.89. The molecular formula is C24H29N5O4S. The molecule has 0 radical (unpaired) electrons. The van der Waals surface area contributed by atoms with Crippen molar-refractivity contribution in [2.45, 2.75) is 38.0 Å². The van der Waals surface area contributed by atoms with E-state index in [-0.39, 0.29) is 16.4 Å². The zero-order chi connectivity index (χ0) is 24.3. The Morgan fingerprint density at radius 1 is 1.18 bits per heavy atom. The monoisotopic (exact) mass is 483 g/mol. The van der Waals surface area contributed by atoms with E-state index in [0.717, 1.165) is 5.82 Å². The van der Waals surface area contributed by atoms with Crippen LogP contribution in [0.2, 0.25) is 0 Å². The smallest absolute Gasteiger partial charge is 0.255 e. The summed E-state index contributed by atoms with van der Waals surface area (Å²) >= 11 is 0. The minimum absolute atomic E-state index is 0.161. The van der Waals surface area contributed by atoms with Gasteiger partial charge in [0, 0.05) is 30.1 Å². The number of nitrogens with zero attached hydrogens (tertiary/aromatic N) is 3. The van der Waals surface area contributed by atoms with Gasteiger partial charge in [-0.3, -0.25) is 9.89 Å². The molecule has 0 atom stereocenters. The van der Waals surface area contributed by atoms with Gasteiger partial charge in [-0.15, -0.1) is 0 Å². The molecule has 10 heteroatoms. The number of benzene rings is 2. The minimum Gasteiger partial charge on any atom is -0.379 e. The third kappa shape index (κ3) is 4.89. The second-order valence-corrected chi connectivity index (χ2v) is 10.3. The molecule has 0 aliphatic carbocycles. The summed E-state index contributed by atoms with van der Waals surface area (Å²) in [7, 11) is -3.74. The van der Waals surface area contributed by atoms with Crippen LogP contribution in [0.4, 0.5) is 5.69 Å². The highest BCUT2D eigenvalue weighted by Crippen LogP contribution is 2.28. The van der Waals surface area contributed by atoms with Gasteiger partial charge in [-0.25, -0.2) is 13.4 Å². The normalized spacial score (nSPS) is 14.9. The molecule has 9 nitrogen and oxygen atoms in total. The summed E-state index contributed by atoms with van der Waals surface area (Å²) in [4.78, 5) is 17.9. The second-order valence-electron chi connectivity index (χ2n) is 8.39. The van der Waals surface area contributed by atoms with E-state index in [2.05, 4.69) is 20.5 Å². The van der Waals surface area contributed by atoms with Gasteiger partial charge < -0.3 is 10.1 Å². The topological polar surface area (TPSA) is 117 Å². The number of hydrogen-bond donors (Lipinski definition) is 2. The number of ether oxygens (including phenoxy) is 1. The molecule has 0 spiro atoms. The van der Waals surface area contributed by atoms with Crippen LogP contribution in [-0.2, 0) is 21.2 Å². The molecule has 1 aliphatic heterocycles. The van der Waals surface area contributed by atoms with Crippen LogP contribution in [0.3, 0.4) is 0 Å². The molecule has 34 heavy (non-hydrogen) atoms. The lowest BCUT2D eigenvalue weighted by atomic mass is 10.1. The molecule has 1 fully saturated rings. The summed E-state index contributed by atoms with van der Waals surface area (Å²) in [5.41, 5.74) is 2.14. The number of aromatic amines is 1. The highest BCUT2D eigenvalue weighted by atomic mass is 32.2. The number of amides is 1. The minimum atomic E-state index is -3.74. The molecule has 1 amide bonds. The van der Waals surface area contributed by atoms with Crippen molar-refractivity contribution in [3.05, 3.63) is 59.4 Å². The molecule has 4 rings (SSSR count). The standard InChI is InChI=1S/C24H29N5O4S/c1-4-17-9-10-18(15-21(17)34(31,32)29-11-13-33-14-12-29)24(30)25-20-8-6-5-7-19(20)23-26-22(16(2)3)27-28-23/h5-10,15-16H,4,11-14H2,1-3H3,(H,25,30)(H,26,27,28). The summed E-state index contributed by atoms with van der Waals surface area (Å²) in [6, 6.07) is 12.1. The van der Waals surface area contributed by atoms with Crippen LogP contribution >= 0.6 is 0 Å². The summed E-state index contributed by atoms with van der Waals surface area (Å²) in [6.45, 7) is 7.23. The fraction of sp³-hybridized carbons (Fsp3) is 0.375. The van der Waals surface area contributed by atoms with Gasteiger partial charge in [0.25, 0.3) is 5.91 Å². The lowest BCUT2D eigenvalue weighted by Crippen LogP contribution is -2.41. The van der Waals surface area contributed by atoms with Crippen molar-refractivity contribution in [3.8, 4) is 11.4 Å². The average Bonchev–Trinajstić information content (AvgIpc) is 3.35. The number of morpholine rings is 1. The number of H-pyrrole nitrogens is 1. The third-order valence-electron chi connectivity index (χ3n) is 5.76. The van der Waals surface area contributed by atoms with E-state index in [1.165, 1.54) is 10.4 Å². The molecule has 2 N–H and O–H groups in total. The van der Waals surface area contributed by atoms with E-state index in [0.29, 0.717) is 55.4 Å². The molecule has 1 aliphatic rings. The third-order valence-corrected chi connectivity index (χ3v) is 7.74. The first-order valence-corrected chi connectivity index (χ1v) is 12.8. The number of sulfonamides is 1. The van der Waals surface area contributed by atoms with Gasteiger partial charge in [0.2, 0.25) is 10.0 Å². The molecule has 180 valence electrons. The van der Waals surface area contributed by atoms with Crippen molar-refractivity contribution in [3.63, 3.8) is 0 Å². The first-order chi connectivity index (χ1) is 16.3. The molecule has 0 saturated carbocycles. The first kappa shape index (κ1) is 24.1. The number of para-hydroxylation sites is 1. The second kappa shape index (κ2) is 10.0. The van der Waals surface area contributed by atoms with Crippen molar-refractivity contribution in [2.24, 2.45) is 0 Å². The molecular weight excluding hydrogens is 454 g/mol. The van der Waals surface area contributed by atoms with Crippen molar-refractivity contribution in [2.75, 3.05) is 31.6 Å². The number of aryl methyl sites for hydroxylation is 1. The van der Waals surface area contributed by atoms with E-state index in [9.17, 15) is 13.2 Å². The van der Waals surface area contributed by atoms with Crippen LogP contribution < -0.4 is 5.32 Å². The lowest BCUT2D eigenvalue weighted by Gasteiger charge is -2.27. The van der Waals surface area contributed by atoms with Gasteiger partial charge in [-0.05, 0) is 36.2 Å². The maximum Gasteiger partial charge on any atom is 0.255 e. The largest absolute Gasteiger partial charge is 0.379 e. The van der Waals surface area contributed by atoms with Gasteiger partial charge in [-0.1, -0.05) is 39.0 Å². The predicted molar refractivity (Wildman–Crippen MR) is 129 cm³/mol. The number of carbonyl (C=O) groups excluding carboxylic acids is 1. The Morgan fingerprint density at radius 2 is 1.91 bits per heavy atom. The summed E-state index contributed by atoms with van der Waals surface area (Å²) in [5, 5.41) is 10.1. The number of rotatable bonds is 7. The van der Waals surface area contributed by atoms with E-state index in [4.69, 9.17) is 4.74 Å². The SMILES string of the molecule is CCc1ccc(C(=O)Nc2ccccc2-c2n[nH]c(C(C)C)n2)cc1S(=O)(=O)N1CCOCC1. The summed E-state index contributed by atoms with van der Waals surface area (Å²) < 4.78 is 33.3. The van der Waals surface area contributed by atoms with Crippen molar-refractivity contribution in [1.82, 2.24) is 19.5 Å². The summed E-state index contributed by atoms with van der Waals surface area (Å²) in [5.74, 6) is 1.01. The van der Waals surface area contributed by atoms with Crippen LogP contribution in [0.15, 0.2) is 47.4 Å². The molecule has 1 aromatic heterocycles. The summed E-state index contributed by atoms with van der Waals surface area (Å²) in [6.07, 6.45) is 0.534. The zero-order valence-electron chi connectivity index (χ0n) is 19.5. The number of hydrogen-bond acceptors (Lipinski definition) is 6. The lowest BCUT2D eigenvalue weighted by molar-refractivity contribution is 0.0730. The van der Waals surface area contributed by atoms with Crippen LogP contribution in [0.1, 0.15) is 48.4 Å². The van der Waals surface area contributed by atoms with E-state index in [1.54, 1.807) is 18.2 Å². The van der Waals surface area contributed by atoms with E-state index >= 15 is 0 Å². The maximum atomic E-state index is 13.3. The van der Waals surface area contributed by atoms with Crippen molar-refractivity contribution < 1.29 is 17.9 Å². The fourth-order valence-corrected chi connectivity index (χ4v) is 5.52. The van der Waals surface area contributed by atoms with Gasteiger partial charge >= 0.3 is 0 Å². The van der Waals surface area contributed by atoms with Crippen molar-refractivity contribution in [1.29, 1.82) is 0 Å². The quantitative estimate of drug-likeness (QED) is 0.532. The maximum absolute atomic E-state index is 13.3. The van der Waals surface area contributed by atoms with Crippen molar-refractivity contribution >= 4 is 21.6 Å². The number of anilines is 1. The van der Waals surface area contributed by atoms with Gasteiger partial charge in [0.1, 0.15) is 5.82 Å². The Hall–Kier alpha value is -3.08. The molecule has 2 aromatic carbocycles. The van der Waals surface area contributed by atoms with E-state index in [1.807, 2.05) is 39.0 Å². The molecule has 0 unspecified atom stereocenters. The Balaban J connectivity index is 1.64. The predicted octanol–water partition coefficient (Wildman–Crippen LogP) is 3.43. The molecule has 3 aromatic rings. The van der Waals surface area contributed by atoms with Gasteiger partial charge in [-0.2, -0.15) is 9.40 Å². The Labute approximate surface area is 199 Å². The number of nitrogens with one attached hydrogen (secondary N) is 2. The zero-order valence-corrected chi connectivity index (χ0v) is 20.4. The highest BCUT2D eigenvalue weighted by Gasteiger charge is 2.29. The average molecular weight is 484 g/mol. The number of carbonyl (C=O) groups is 1. The molecule has 2 heterocycles. The molecule has 0 bridgehead atoms. The van der Waals surface area contributed by atoms with Crippen LogP contribution in [0.25, 0.3) is 11.4 Å². The van der Waals surface area contributed by atoms with Crippen LogP contribution in [-0.4, -0.2) is 60.1 Å². The Kier molecular flexibility index (Phi) is 7.11. The van der Waals surface area contributed by atoms with Gasteiger partial charge in [0.15, 0.2) is 5.82 Å². The van der Waals surface area contributed by atoms with E-state index < -0.39 is 15.9 Å². The van der Waals surface area contributed by atoms with Crippen LogP contribution in [0.5, 0.6) is 0 Å². The van der Waals surface area contributed by atoms with Gasteiger partial charge in [0.05, 0.1) is 23.8 Å². The first-order valence-electron chi connectivity index (χ1n) is 11.3. The fourth-order valence-electron chi connectivity index (χ4n) is 3.79. The Bertz CT molecular complexity index is 1280.